The van der Waals surface area contributed by atoms with E-state index in [2.05, 4.69) is 10.6 Å². The van der Waals surface area contributed by atoms with E-state index in [-0.39, 0.29) is 11.7 Å². The lowest BCUT2D eigenvalue weighted by atomic mass is 9.95. The van der Waals surface area contributed by atoms with Crippen molar-refractivity contribution in [3.05, 3.63) is 59.7 Å². The van der Waals surface area contributed by atoms with E-state index in [4.69, 9.17) is 0 Å². The number of nitrogens with zero attached hydrogens (tertiary/aromatic N) is 1. The zero-order valence-electron chi connectivity index (χ0n) is 21.3. The number of anilines is 2. The molecule has 7 nitrogen and oxygen atoms in total. The molecule has 0 aromatic heterocycles. The minimum atomic E-state index is -4.66. The van der Waals surface area contributed by atoms with Crippen molar-refractivity contribution in [2.45, 2.75) is 64.2 Å². The first-order valence-electron chi connectivity index (χ1n) is 12.4. The van der Waals surface area contributed by atoms with Crippen molar-refractivity contribution in [1.29, 1.82) is 0 Å². The van der Waals surface area contributed by atoms with Gasteiger partial charge in [-0.3, -0.25) is 23.5 Å². The standard InChI is InChI=1S/C27H32F3N3O4S/c1-18-11-13-22(14-12-18)31-24(34)16-38(37)17-25(35)33(23-10-6-7-20(15-23)27(28,29)30)19(2)26(36)32-21-8-4-3-5-9-21/h6-7,10-15,19,21H,3-5,8-9,16-17H2,1-2H3,(H,31,34)(H,32,36). The number of hydrogen-bond acceptors (Lipinski definition) is 4. The first kappa shape index (κ1) is 29.3. The SMILES string of the molecule is Cc1ccc(NC(=O)CS(=O)CC(=O)N(c2cccc(C(F)(F)F)c2)C(C)C(=O)NC2CCCCC2)cc1. The maximum Gasteiger partial charge on any atom is 0.416 e. The van der Waals surface area contributed by atoms with Gasteiger partial charge in [-0.25, -0.2) is 0 Å². The highest BCUT2D eigenvalue weighted by atomic mass is 32.2. The highest BCUT2D eigenvalue weighted by molar-refractivity contribution is 7.86. The smallest absolute Gasteiger partial charge is 0.352 e. The average Bonchev–Trinajstić information content (AvgIpc) is 2.85. The van der Waals surface area contributed by atoms with E-state index in [1.54, 1.807) is 24.3 Å². The molecule has 1 aliphatic carbocycles. The molecule has 206 valence electrons. The fourth-order valence-corrected chi connectivity index (χ4v) is 5.22. The van der Waals surface area contributed by atoms with Crippen LogP contribution in [-0.2, 0) is 31.4 Å². The molecule has 0 spiro atoms. The van der Waals surface area contributed by atoms with E-state index in [0.717, 1.165) is 60.8 Å². The number of halogens is 3. The van der Waals surface area contributed by atoms with Crippen LogP contribution >= 0.6 is 0 Å². The average molecular weight is 552 g/mol. The number of benzene rings is 2. The van der Waals surface area contributed by atoms with Gasteiger partial charge < -0.3 is 10.6 Å². The molecule has 0 aliphatic heterocycles. The second-order valence-electron chi connectivity index (χ2n) is 9.47. The molecular formula is C27H32F3N3O4S. The normalized spacial score (nSPS) is 15.8. The third kappa shape index (κ3) is 8.41. The molecule has 11 heteroatoms. The van der Waals surface area contributed by atoms with Crippen LogP contribution in [0.5, 0.6) is 0 Å². The predicted molar refractivity (Wildman–Crippen MR) is 141 cm³/mol. The number of carbonyl (C=O) groups excluding carboxylic acids is 3. The fourth-order valence-electron chi connectivity index (χ4n) is 4.34. The number of nitrogens with one attached hydrogen (secondary N) is 2. The molecular weight excluding hydrogens is 519 g/mol. The molecule has 2 aromatic rings. The van der Waals surface area contributed by atoms with Crippen LogP contribution in [0.2, 0.25) is 0 Å². The van der Waals surface area contributed by atoms with Crippen LogP contribution in [0.15, 0.2) is 48.5 Å². The molecule has 38 heavy (non-hydrogen) atoms. The molecule has 2 N–H and O–H groups in total. The predicted octanol–water partition coefficient (Wildman–Crippen LogP) is 4.57. The second-order valence-corrected chi connectivity index (χ2v) is 10.9. The summed E-state index contributed by atoms with van der Waals surface area (Å²) < 4.78 is 52.8. The van der Waals surface area contributed by atoms with Crippen LogP contribution in [-0.4, -0.2) is 45.5 Å². The Labute approximate surface area is 222 Å². The third-order valence-corrected chi connectivity index (χ3v) is 7.50. The van der Waals surface area contributed by atoms with Gasteiger partial charge in [-0.1, -0.05) is 43.0 Å². The Bertz CT molecular complexity index is 1160. The van der Waals surface area contributed by atoms with Crippen LogP contribution in [0, 0.1) is 6.92 Å². The van der Waals surface area contributed by atoms with Gasteiger partial charge in [0, 0.05) is 28.2 Å². The number of amides is 3. The number of alkyl halides is 3. The van der Waals surface area contributed by atoms with Crippen LogP contribution in [0.1, 0.15) is 50.2 Å². The fraction of sp³-hybridized carbons (Fsp3) is 0.444. The van der Waals surface area contributed by atoms with Gasteiger partial charge in [0.15, 0.2) is 0 Å². The van der Waals surface area contributed by atoms with Gasteiger partial charge in [-0.05, 0) is 57.0 Å². The monoisotopic (exact) mass is 551 g/mol. The van der Waals surface area contributed by atoms with Gasteiger partial charge in [0.05, 0.1) is 5.56 Å². The molecule has 2 aromatic carbocycles. The minimum absolute atomic E-state index is 0.0724. The third-order valence-electron chi connectivity index (χ3n) is 6.35. The van der Waals surface area contributed by atoms with E-state index in [1.165, 1.54) is 13.0 Å². The maximum atomic E-state index is 13.4. The minimum Gasteiger partial charge on any atom is -0.352 e. The Morgan fingerprint density at radius 2 is 1.68 bits per heavy atom. The lowest BCUT2D eigenvalue weighted by Crippen LogP contribution is -2.52. The van der Waals surface area contributed by atoms with Crippen LogP contribution < -0.4 is 15.5 Å². The van der Waals surface area contributed by atoms with Gasteiger partial charge in [-0.2, -0.15) is 13.2 Å². The first-order chi connectivity index (χ1) is 17.9. The summed E-state index contributed by atoms with van der Waals surface area (Å²) in [6.45, 7) is 3.31. The lowest BCUT2D eigenvalue weighted by Gasteiger charge is -2.31. The van der Waals surface area contributed by atoms with E-state index < -0.39 is 57.8 Å². The van der Waals surface area contributed by atoms with Crippen LogP contribution in [0.25, 0.3) is 0 Å². The summed E-state index contributed by atoms with van der Waals surface area (Å²) in [5.41, 5.74) is 0.375. The molecule has 1 fully saturated rings. The van der Waals surface area contributed by atoms with Gasteiger partial charge in [0.25, 0.3) is 0 Å². The molecule has 0 radical (unpaired) electrons. The number of rotatable bonds is 9. The molecule has 1 saturated carbocycles. The van der Waals surface area contributed by atoms with Crippen molar-refractivity contribution in [2.24, 2.45) is 0 Å². The highest BCUT2D eigenvalue weighted by Crippen LogP contribution is 2.32. The molecule has 1 aliphatic rings. The van der Waals surface area contributed by atoms with Crippen LogP contribution in [0.4, 0.5) is 24.5 Å². The molecule has 0 heterocycles. The topological polar surface area (TPSA) is 95.6 Å². The molecule has 3 rings (SSSR count). The van der Waals surface area contributed by atoms with Crippen molar-refractivity contribution < 1.29 is 31.8 Å². The van der Waals surface area contributed by atoms with Crippen molar-refractivity contribution in [2.75, 3.05) is 21.7 Å². The van der Waals surface area contributed by atoms with Crippen molar-refractivity contribution in [3.8, 4) is 0 Å². The summed E-state index contributed by atoms with van der Waals surface area (Å²) in [5, 5.41) is 5.49. The largest absolute Gasteiger partial charge is 0.416 e. The summed E-state index contributed by atoms with van der Waals surface area (Å²) in [6.07, 6.45) is -0.0973. The summed E-state index contributed by atoms with van der Waals surface area (Å²) >= 11 is 0. The zero-order valence-corrected chi connectivity index (χ0v) is 22.2. The summed E-state index contributed by atoms with van der Waals surface area (Å²) in [6, 6.07) is 9.82. The Balaban J connectivity index is 1.75. The molecule has 3 amide bonds. The van der Waals surface area contributed by atoms with E-state index in [1.807, 2.05) is 6.92 Å². The molecule has 2 atom stereocenters. The summed E-state index contributed by atoms with van der Waals surface area (Å²) in [4.78, 5) is 39.6. The van der Waals surface area contributed by atoms with Gasteiger partial charge in [-0.15, -0.1) is 0 Å². The molecule has 0 saturated heterocycles. The molecule has 0 bridgehead atoms. The summed E-state index contributed by atoms with van der Waals surface area (Å²) in [7, 11) is -1.97. The Kier molecular flexibility index (Phi) is 10.1. The first-order valence-corrected chi connectivity index (χ1v) is 13.9. The number of hydrogen-bond donors (Lipinski definition) is 2. The number of carbonyl (C=O) groups is 3. The molecule has 2 unspecified atom stereocenters. The maximum absolute atomic E-state index is 13.4. The van der Waals surface area contributed by atoms with Gasteiger partial charge in [0.1, 0.15) is 17.5 Å². The van der Waals surface area contributed by atoms with Crippen LogP contribution in [0.3, 0.4) is 0 Å². The Morgan fingerprint density at radius 3 is 2.32 bits per heavy atom. The van der Waals surface area contributed by atoms with Crippen molar-refractivity contribution in [1.82, 2.24) is 5.32 Å². The Hall–Kier alpha value is -3.21. The number of aryl methyl sites for hydroxylation is 1. The van der Waals surface area contributed by atoms with Gasteiger partial charge >= 0.3 is 6.18 Å². The van der Waals surface area contributed by atoms with E-state index in [0.29, 0.717) is 5.69 Å². The lowest BCUT2D eigenvalue weighted by molar-refractivity contribution is -0.137. The Morgan fingerprint density at radius 1 is 1.03 bits per heavy atom. The highest BCUT2D eigenvalue weighted by Gasteiger charge is 2.34. The quantitative estimate of drug-likeness (QED) is 0.477. The van der Waals surface area contributed by atoms with Crippen molar-refractivity contribution >= 4 is 39.9 Å². The van der Waals surface area contributed by atoms with E-state index in [9.17, 15) is 31.8 Å². The van der Waals surface area contributed by atoms with Gasteiger partial charge in [0.2, 0.25) is 17.7 Å². The zero-order chi connectivity index (χ0) is 27.9. The second kappa shape index (κ2) is 13.0. The van der Waals surface area contributed by atoms with E-state index >= 15 is 0 Å². The van der Waals surface area contributed by atoms with Crippen molar-refractivity contribution in [3.63, 3.8) is 0 Å². The summed E-state index contributed by atoms with van der Waals surface area (Å²) in [5.74, 6) is -3.03.